The van der Waals surface area contributed by atoms with E-state index in [-0.39, 0.29) is 6.61 Å². The molecule has 0 fully saturated rings. The van der Waals surface area contributed by atoms with Crippen molar-refractivity contribution in [2.45, 2.75) is 26.4 Å². The second-order valence-corrected chi connectivity index (χ2v) is 5.88. The lowest BCUT2D eigenvalue weighted by molar-refractivity contribution is 0.282. The van der Waals surface area contributed by atoms with Gasteiger partial charge in [-0.15, -0.1) is 0 Å². The van der Waals surface area contributed by atoms with Gasteiger partial charge in [0, 0.05) is 19.2 Å². The van der Waals surface area contributed by atoms with Gasteiger partial charge >= 0.3 is 10.2 Å². The Balaban J connectivity index is 2.82. The van der Waals surface area contributed by atoms with Gasteiger partial charge in [-0.3, -0.25) is 4.72 Å². The highest BCUT2D eigenvalue weighted by molar-refractivity contribution is 7.90. The van der Waals surface area contributed by atoms with E-state index in [2.05, 4.69) is 4.72 Å². The summed E-state index contributed by atoms with van der Waals surface area (Å²) in [7, 11) is -2.00. The Kier molecular flexibility index (Phi) is 5.58. The number of nitrogens with one attached hydrogen (secondary N) is 1. The van der Waals surface area contributed by atoms with Crippen molar-refractivity contribution in [1.82, 2.24) is 4.31 Å². The summed E-state index contributed by atoms with van der Waals surface area (Å²) in [5.74, 6) is 0. The molecule has 0 bridgehead atoms. The summed E-state index contributed by atoms with van der Waals surface area (Å²) in [6, 6.07) is 6.80. The van der Waals surface area contributed by atoms with Gasteiger partial charge in [-0.05, 0) is 12.5 Å². The molecule has 0 radical (unpaired) electrons. The van der Waals surface area contributed by atoms with Crippen molar-refractivity contribution < 1.29 is 13.5 Å². The van der Waals surface area contributed by atoms with E-state index in [0.29, 0.717) is 17.8 Å². The molecule has 0 amide bonds. The minimum absolute atomic E-state index is 0.197. The molecule has 102 valence electrons. The maximum atomic E-state index is 12.0. The fraction of sp³-hybridized carbons (Fsp3) is 0.500. The molecule has 0 aliphatic heterocycles. The predicted octanol–water partition coefficient (Wildman–Crippen LogP) is 1.57. The molecule has 1 rings (SSSR count). The molecule has 0 aliphatic carbocycles. The summed E-state index contributed by atoms with van der Waals surface area (Å²) in [5, 5.41) is 9.15. The van der Waals surface area contributed by atoms with Crippen LogP contribution in [-0.2, 0) is 16.8 Å². The van der Waals surface area contributed by atoms with Crippen LogP contribution in [0.5, 0.6) is 0 Å². The van der Waals surface area contributed by atoms with Crippen molar-refractivity contribution in [3.8, 4) is 0 Å². The Hall–Kier alpha value is -1.11. The van der Waals surface area contributed by atoms with Crippen molar-refractivity contribution in [1.29, 1.82) is 0 Å². The summed E-state index contributed by atoms with van der Waals surface area (Å²) >= 11 is 0. The summed E-state index contributed by atoms with van der Waals surface area (Å²) < 4.78 is 27.8. The molecule has 6 heteroatoms. The van der Waals surface area contributed by atoms with Gasteiger partial charge in [-0.25, -0.2) is 0 Å². The molecule has 0 aliphatic rings. The molecule has 0 atom stereocenters. The van der Waals surface area contributed by atoms with Gasteiger partial charge in [-0.1, -0.05) is 31.5 Å². The zero-order valence-electron chi connectivity index (χ0n) is 10.8. The van der Waals surface area contributed by atoms with E-state index in [4.69, 9.17) is 5.11 Å². The first-order valence-corrected chi connectivity index (χ1v) is 7.38. The third-order valence-corrected chi connectivity index (χ3v) is 4.14. The summed E-state index contributed by atoms with van der Waals surface area (Å²) in [5.41, 5.74) is 0.980. The third kappa shape index (κ3) is 3.97. The molecule has 5 nitrogen and oxygen atoms in total. The van der Waals surface area contributed by atoms with Crippen LogP contribution >= 0.6 is 0 Å². The summed E-state index contributed by atoms with van der Waals surface area (Å²) in [6.45, 7) is 2.29. The highest BCUT2D eigenvalue weighted by Gasteiger charge is 2.17. The number of anilines is 1. The number of aliphatic hydroxyl groups excluding tert-OH is 1. The fourth-order valence-corrected chi connectivity index (χ4v) is 2.48. The van der Waals surface area contributed by atoms with Gasteiger partial charge in [-0.2, -0.15) is 12.7 Å². The van der Waals surface area contributed by atoms with Crippen LogP contribution in [0, 0.1) is 0 Å². The number of nitrogens with zero attached hydrogens (tertiary/aromatic N) is 1. The van der Waals surface area contributed by atoms with E-state index < -0.39 is 10.2 Å². The van der Waals surface area contributed by atoms with Gasteiger partial charge in [0.15, 0.2) is 0 Å². The second kappa shape index (κ2) is 6.72. The lowest BCUT2D eigenvalue weighted by atomic mass is 10.2. The number of para-hydroxylation sites is 1. The van der Waals surface area contributed by atoms with E-state index in [9.17, 15) is 8.42 Å². The number of benzene rings is 1. The Labute approximate surface area is 109 Å². The van der Waals surface area contributed by atoms with Crippen molar-refractivity contribution in [3.05, 3.63) is 29.8 Å². The molecule has 18 heavy (non-hydrogen) atoms. The molecular weight excluding hydrogens is 252 g/mol. The first-order valence-electron chi connectivity index (χ1n) is 5.94. The zero-order valence-corrected chi connectivity index (χ0v) is 11.6. The smallest absolute Gasteiger partial charge is 0.301 e. The highest BCUT2D eigenvalue weighted by atomic mass is 32.2. The number of rotatable bonds is 7. The zero-order chi connectivity index (χ0) is 13.6. The van der Waals surface area contributed by atoms with Crippen LogP contribution in [0.15, 0.2) is 24.3 Å². The van der Waals surface area contributed by atoms with Crippen molar-refractivity contribution in [3.63, 3.8) is 0 Å². The third-order valence-electron chi connectivity index (χ3n) is 2.66. The molecule has 0 saturated heterocycles. The van der Waals surface area contributed by atoms with Crippen molar-refractivity contribution >= 4 is 15.9 Å². The molecule has 1 aromatic carbocycles. The SMILES string of the molecule is CCCCN(C)S(=O)(=O)Nc1ccccc1CO. The molecule has 0 unspecified atom stereocenters. The van der Waals surface area contributed by atoms with Crippen molar-refractivity contribution in [2.75, 3.05) is 18.3 Å². The lowest BCUT2D eigenvalue weighted by Gasteiger charge is -2.19. The molecule has 0 heterocycles. The van der Waals surface area contributed by atoms with Gasteiger partial charge < -0.3 is 5.11 Å². The van der Waals surface area contributed by atoms with Gasteiger partial charge in [0.2, 0.25) is 0 Å². The van der Waals surface area contributed by atoms with Crippen LogP contribution in [-0.4, -0.2) is 31.4 Å². The van der Waals surface area contributed by atoms with Gasteiger partial charge in [0.05, 0.1) is 12.3 Å². The van der Waals surface area contributed by atoms with Crippen LogP contribution < -0.4 is 4.72 Å². The Morgan fingerprint density at radius 3 is 2.61 bits per heavy atom. The largest absolute Gasteiger partial charge is 0.392 e. The summed E-state index contributed by atoms with van der Waals surface area (Å²) in [6.07, 6.45) is 1.76. The predicted molar refractivity (Wildman–Crippen MR) is 72.4 cm³/mol. The van der Waals surface area contributed by atoms with Gasteiger partial charge in [0.1, 0.15) is 0 Å². The van der Waals surface area contributed by atoms with Crippen molar-refractivity contribution in [2.24, 2.45) is 0 Å². The standard InChI is InChI=1S/C12H20N2O3S/c1-3-4-9-14(2)18(16,17)13-12-8-6-5-7-11(12)10-15/h5-8,13,15H,3-4,9-10H2,1-2H3. The monoisotopic (exact) mass is 272 g/mol. The molecule has 0 saturated carbocycles. The van der Waals surface area contributed by atoms with E-state index in [1.165, 1.54) is 4.31 Å². The Morgan fingerprint density at radius 2 is 2.00 bits per heavy atom. The maximum absolute atomic E-state index is 12.0. The molecule has 0 aromatic heterocycles. The van der Waals surface area contributed by atoms with Crippen LogP contribution in [0.4, 0.5) is 5.69 Å². The van der Waals surface area contributed by atoms with E-state index >= 15 is 0 Å². The molecular formula is C12H20N2O3S. The maximum Gasteiger partial charge on any atom is 0.301 e. The van der Waals surface area contributed by atoms with E-state index in [1.54, 1.807) is 31.3 Å². The van der Waals surface area contributed by atoms with Crippen LogP contribution in [0.1, 0.15) is 25.3 Å². The van der Waals surface area contributed by atoms with E-state index in [0.717, 1.165) is 12.8 Å². The lowest BCUT2D eigenvalue weighted by Crippen LogP contribution is -2.33. The Bertz CT molecular complexity index is 474. The number of hydrogen-bond acceptors (Lipinski definition) is 3. The fourth-order valence-electron chi connectivity index (χ4n) is 1.48. The number of unbranched alkanes of at least 4 members (excludes halogenated alkanes) is 1. The topological polar surface area (TPSA) is 69.6 Å². The van der Waals surface area contributed by atoms with Crippen LogP contribution in [0.3, 0.4) is 0 Å². The van der Waals surface area contributed by atoms with Crippen LogP contribution in [0.2, 0.25) is 0 Å². The minimum atomic E-state index is -3.55. The molecule has 2 N–H and O–H groups in total. The van der Waals surface area contributed by atoms with Crippen LogP contribution in [0.25, 0.3) is 0 Å². The summed E-state index contributed by atoms with van der Waals surface area (Å²) in [4.78, 5) is 0. The second-order valence-electron chi connectivity index (χ2n) is 4.10. The molecule has 0 spiro atoms. The molecule has 1 aromatic rings. The van der Waals surface area contributed by atoms with Gasteiger partial charge in [0.25, 0.3) is 0 Å². The van der Waals surface area contributed by atoms with E-state index in [1.807, 2.05) is 6.92 Å². The highest BCUT2D eigenvalue weighted by Crippen LogP contribution is 2.17. The Morgan fingerprint density at radius 1 is 1.33 bits per heavy atom. The average molecular weight is 272 g/mol. The average Bonchev–Trinajstić information content (AvgIpc) is 2.36. The quantitative estimate of drug-likeness (QED) is 0.791. The minimum Gasteiger partial charge on any atom is -0.392 e. The first-order chi connectivity index (χ1) is 8.51. The number of hydrogen-bond donors (Lipinski definition) is 2. The number of aliphatic hydroxyl groups is 1. The normalized spacial score (nSPS) is 11.8. The first kappa shape index (κ1) is 14.9.